The Labute approximate surface area is 144 Å². The van der Waals surface area contributed by atoms with Gasteiger partial charge in [-0.05, 0) is 41.8 Å². The van der Waals surface area contributed by atoms with Crippen LogP contribution in [0.2, 0.25) is 0 Å². The molecule has 1 N–H and O–H groups in total. The second-order valence-electron chi connectivity index (χ2n) is 5.42. The van der Waals surface area contributed by atoms with Crippen molar-refractivity contribution in [3.8, 4) is 5.75 Å². The SMILES string of the molecule is CC(C)c1cccc(NC(=O)COc2ccc(Br)cc2C=O)c1. The Hall–Kier alpha value is -2.14. The summed E-state index contributed by atoms with van der Waals surface area (Å²) in [5, 5.41) is 2.79. The number of ether oxygens (including phenoxy) is 1. The molecule has 0 bridgehead atoms. The van der Waals surface area contributed by atoms with Gasteiger partial charge in [-0.2, -0.15) is 0 Å². The standard InChI is InChI=1S/C18H18BrNO3/c1-12(2)13-4-3-5-16(9-13)20-18(22)11-23-17-7-6-15(19)8-14(17)10-21/h3-10,12H,11H2,1-2H3,(H,20,22). The molecule has 2 aromatic carbocycles. The summed E-state index contributed by atoms with van der Waals surface area (Å²) < 4.78 is 6.21. The molecule has 1 amide bonds. The number of halogens is 1. The molecule has 0 atom stereocenters. The molecule has 2 rings (SSSR count). The molecule has 0 aliphatic rings. The molecule has 4 nitrogen and oxygen atoms in total. The fraction of sp³-hybridized carbons (Fsp3) is 0.222. The summed E-state index contributed by atoms with van der Waals surface area (Å²) in [4.78, 5) is 23.0. The van der Waals surface area contributed by atoms with Gasteiger partial charge in [-0.25, -0.2) is 0 Å². The predicted octanol–water partition coefficient (Wildman–Crippen LogP) is 4.40. The van der Waals surface area contributed by atoms with Gasteiger partial charge in [0.2, 0.25) is 0 Å². The molecule has 120 valence electrons. The van der Waals surface area contributed by atoms with Crippen LogP contribution in [0, 0.1) is 0 Å². The lowest BCUT2D eigenvalue weighted by Gasteiger charge is -2.11. The third kappa shape index (κ3) is 4.93. The maximum atomic E-state index is 12.0. The van der Waals surface area contributed by atoms with Crippen LogP contribution in [0.25, 0.3) is 0 Å². The number of hydrogen-bond donors (Lipinski definition) is 1. The summed E-state index contributed by atoms with van der Waals surface area (Å²) in [7, 11) is 0. The van der Waals surface area contributed by atoms with Crippen LogP contribution >= 0.6 is 15.9 Å². The van der Waals surface area contributed by atoms with Crippen LogP contribution in [0.3, 0.4) is 0 Å². The summed E-state index contributed by atoms with van der Waals surface area (Å²) in [6.07, 6.45) is 0.699. The Morgan fingerprint density at radius 1 is 1.26 bits per heavy atom. The lowest BCUT2D eigenvalue weighted by atomic mass is 10.0. The number of carbonyl (C=O) groups is 2. The van der Waals surface area contributed by atoms with Gasteiger partial charge in [-0.1, -0.05) is 41.9 Å². The fourth-order valence-electron chi connectivity index (χ4n) is 2.06. The summed E-state index contributed by atoms with van der Waals surface area (Å²) >= 11 is 3.29. The van der Waals surface area contributed by atoms with E-state index in [1.54, 1.807) is 18.2 Å². The van der Waals surface area contributed by atoms with Crippen molar-refractivity contribution in [2.75, 3.05) is 11.9 Å². The van der Waals surface area contributed by atoms with Crippen molar-refractivity contribution >= 4 is 33.8 Å². The number of rotatable bonds is 6. The minimum absolute atomic E-state index is 0.158. The molecule has 0 heterocycles. The van der Waals surface area contributed by atoms with E-state index in [4.69, 9.17) is 4.74 Å². The highest BCUT2D eigenvalue weighted by Crippen LogP contribution is 2.22. The van der Waals surface area contributed by atoms with Crippen LogP contribution in [0.5, 0.6) is 5.75 Å². The van der Waals surface area contributed by atoms with Gasteiger partial charge < -0.3 is 10.1 Å². The zero-order valence-electron chi connectivity index (χ0n) is 13.0. The van der Waals surface area contributed by atoms with Crippen LogP contribution in [0.4, 0.5) is 5.69 Å². The Morgan fingerprint density at radius 2 is 2.04 bits per heavy atom. The first-order valence-corrected chi connectivity index (χ1v) is 8.06. The van der Waals surface area contributed by atoms with E-state index in [0.29, 0.717) is 23.5 Å². The fourth-order valence-corrected chi connectivity index (χ4v) is 2.44. The van der Waals surface area contributed by atoms with Gasteiger partial charge in [0.1, 0.15) is 5.75 Å². The van der Waals surface area contributed by atoms with Gasteiger partial charge in [0.15, 0.2) is 12.9 Å². The molecule has 2 aromatic rings. The molecule has 0 saturated heterocycles. The van der Waals surface area contributed by atoms with Gasteiger partial charge in [0, 0.05) is 10.2 Å². The smallest absolute Gasteiger partial charge is 0.262 e. The number of amides is 1. The summed E-state index contributed by atoms with van der Waals surface area (Å²) in [6.45, 7) is 4.03. The first kappa shape index (κ1) is 17.2. The number of anilines is 1. The van der Waals surface area contributed by atoms with E-state index >= 15 is 0 Å². The molecule has 0 fully saturated rings. The van der Waals surface area contributed by atoms with Crippen molar-refractivity contribution in [3.05, 3.63) is 58.1 Å². The van der Waals surface area contributed by atoms with Gasteiger partial charge >= 0.3 is 0 Å². The highest BCUT2D eigenvalue weighted by Gasteiger charge is 2.08. The van der Waals surface area contributed by atoms with E-state index in [-0.39, 0.29) is 12.5 Å². The van der Waals surface area contributed by atoms with Crippen LogP contribution in [-0.4, -0.2) is 18.8 Å². The molecule has 5 heteroatoms. The summed E-state index contributed by atoms with van der Waals surface area (Å²) in [5.41, 5.74) is 2.28. The number of benzene rings is 2. The largest absolute Gasteiger partial charge is 0.483 e. The van der Waals surface area contributed by atoms with E-state index in [0.717, 1.165) is 15.7 Å². The third-order valence-electron chi connectivity index (χ3n) is 3.29. The number of carbonyl (C=O) groups excluding carboxylic acids is 2. The van der Waals surface area contributed by atoms with Crippen molar-refractivity contribution in [1.29, 1.82) is 0 Å². The topological polar surface area (TPSA) is 55.4 Å². The number of hydrogen-bond acceptors (Lipinski definition) is 3. The van der Waals surface area contributed by atoms with Crippen LogP contribution in [-0.2, 0) is 4.79 Å². The lowest BCUT2D eigenvalue weighted by molar-refractivity contribution is -0.118. The van der Waals surface area contributed by atoms with Crippen molar-refractivity contribution in [2.24, 2.45) is 0 Å². The second-order valence-corrected chi connectivity index (χ2v) is 6.33. The number of nitrogens with one attached hydrogen (secondary N) is 1. The molecule has 0 aliphatic heterocycles. The molecular weight excluding hydrogens is 358 g/mol. The monoisotopic (exact) mass is 375 g/mol. The van der Waals surface area contributed by atoms with Crippen molar-refractivity contribution in [1.82, 2.24) is 0 Å². The molecule has 0 aliphatic carbocycles. The average Bonchev–Trinajstić information content (AvgIpc) is 2.53. The highest BCUT2D eigenvalue weighted by molar-refractivity contribution is 9.10. The minimum Gasteiger partial charge on any atom is -0.483 e. The summed E-state index contributed by atoms with van der Waals surface area (Å²) in [6, 6.07) is 12.8. The second kappa shape index (κ2) is 7.92. The third-order valence-corrected chi connectivity index (χ3v) is 3.79. The van der Waals surface area contributed by atoms with E-state index < -0.39 is 0 Å². The number of aldehydes is 1. The normalized spacial score (nSPS) is 10.4. The van der Waals surface area contributed by atoms with Crippen LogP contribution < -0.4 is 10.1 Å². The molecule has 0 spiro atoms. The predicted molar refractivity (Wildman–Crippen MR) is 94.2 cm³/mol. The van der Waals surface area contributed by atoms with E-state index in [1.807, 2.05) is 24.3 Å². The zero-order chi connectivity index (χ0) is 16.8. The van der Waals surface area contributed by atoms with Gasteiger partial charge in [0.05, 0.1) is 5.56 Å². The molecule has 0 unspecified atom stereocenters. The van der Waals surface area contributed by atoms with Gasteiger partial charge in [0.25, 0.3) is 5.91 Å². The van der Waals surface area contributed by atoms with Gasteiger partial charge in [-0.3, -0.25) is 9.59 Å². The van der Waals surface area contributed by atoms with Crippen molar-refractivity contribution in [3.63, 3.8) is 0 Å². The van der Waals surface area contributed by atoms with Crippen molar-refractivity contribution < 1.29 is 14.3 Å². The van der Waals surface area contributed by atoms with Gasteiger partial charge in [-0.15, -0.1) is 0 Å². The average molecular weight is 376 g/mol. The van der Waals surface area contributed by atoms with E-state index in [1.165, 1.54) is 0 Å². The Balaban J connectivity index is 1.98. The van der Waals surface area contributed by atoms with E-state index in [2.05, 4.69) is 35.1 Å². The molecule has 0 saturated carbocycles. The van der Waals surface area contributed by atoms with Crippen LogP contribution in [0.1, 0.15) is 35.7 Å². The lowest BCUT2D eigenvalue weighted by Crippen LogP contribution is -2.20. The molecule has 0 radical (unpaired) electrons. The Bertz CT molecular complexity index is 713. The van der Waals surface area contributed by atoms with E-state index in [9.17, 15) is 9.59 Å². The maximum absolute atomic E-state index is 12.0. The zero-order valence-corrected chi connectivity index (χ0v) is 14.6. The first-order chi connectivity index (χ1) is 11.0. The first-order valence-electron chi connectivity index (χ1n) is 7.27. The minimum atomic E-state index is -0.273. The van der Waals surface area contributed by atoms with Crippen LogP contribution in [0.15, 0.2) is 46.9 Å². The quantitative estimate of drug-likeness (QED) is 0.761. The highest BCUT2D eigenvalue weighted by atomic mass is 79.9. The molecule has 0 aromatic heterocycles. The Morgan fingerprint density at radius 3 is 2.74 bits per heavy atom. The molecular formula is C18H18BrNO3. The summed E-state index contributed by atoms with van der Waals surface area (Å²) in [5.74, 6) is 0.501. The van der Waals surface area contributed by atoms with Crippen molar-refractivity contribution in [2.45, 2.75) is 19.8 Å². The Kier molecular flexibility index (Phi) is 5.93. The maximum Gasteiger partial charge on any atom is 0.262 e. The molecule has 23 heavy (non-hydrogen) atoms.